The summed E-state index contributed by atoms with van der Waals surface area (Å²) in [5, 5.41) is 0. The van der Waals surface area contributed by atoms with E-state index in [-0.39, 0.29) is 5.92 Å². The van der Waals surface area contributed by atoms with E-state index in [0.29, 0.717) is 17.6 Å². The van der Waals surface area contributed by atoms with E-state index in [2.05, 4.69) is 24.3 Å². The van der Waals surface area contributed by atoms with Gasteiger partial charge in [0.15, 0.2) is 0 Å². The maximum Gasteiger partial charge on any atom is 0.140 e. The van der Waals surface area contributed by atoms with E-state index >= 15 is 0 Å². The Balaban J connectivity index is 1.72. The van der Waals surface area contributed by atoms with Crippen LogP contribution < -0.4 is 0 Å². The molecule has 1 heteroatoms. The molecule has 0 aromatic rings. The minimum atomic E-state index is 0.236. The van der Waals surface area contributed by atoms with E-state index in [1.165, 1.54) is 36.8 Å². The Morgan fingerprint density at radius 1 is 1.11 bits per heavy atom. The number of ketones is 1. The van der Waals surface area contributed by atoms with Gasteiger partial charge in [0, 0.05) is 12.3 Å². The molecule has 2 fully saturated rings. The van der Waals surface area contributed by atoms with Crippen LogP contribution in [0.2, 0.25) is 0 Å². The Morgan fingerprint density at radius 3 is 2.94 bits per heavy atom. The first-order valence-corrected chi connectivity index (χ1v) is 7.46. The third kappa shape index (κ3) is 1.43. The second-order valence-corrected chi connectivity index (χ2v) is 6.40. The number of hydrogen-bond donors (Lipinski definition) is 0. The van der Waals surface area contributed by atoms with Crippen molar-refractivity contribution in [2.45, 2.75) is 38.5 Å². The predicted octanol–water partition coefficient (Wildman–Crippen LogP) is 3.82. The summed E-state index contributed by atoms with van der Waals surface area (Å²) in [6.45, 7) is 0. The smallest absolute Gasteiger partial charge is 0.140 e. The Bertz CT molecular complexity index is 480. The van der Waals surface area contributed by atoms with Gasteiger partial charge in [-0.15, -0.1) is 0 Å². The molecule has 0 spiro atoms. The highest BCUT2D eigenvalue weighted by Crippen LogP contribution is 2.52. The molecule has 4 aliphatic rings. The van der Waals surface area contributed by atoms with Crippen LogP contribution in [0.5, 0.6) is 0 Å². The Labute approximate surface area is 109 Å². The summed E-state index contributed by atoms with van der Waals surface area (Å²) < 4.78 is 0. The minimum Gasteiger partial charge on any atom is -0.299 e. The van der Waals surface area contributed by atoms with E-state index < -0.39 is 0 Å². The Kier molecular flexibility index (Phi) is 2.36. The van der Waals surface area contributed by atoms with Crippen LogP contribution in [-0.4, -0.2) is 5.78 Å². The summed E-state index contributed by atoms with van der Waals surface area (Å²) in [5.74, 6) is 2.91. The van der Waals surface area contributed by atoms with Gasteiger partial charge >= 0.3 is 0 Å². The summed E-state index contributed by atoms with van der Waals surface area (Å²) in [7, 11) is 0. The van der Waals surface area contributed by atoms with Crippen molar-refractivity contribution >= 4 is 5.78 Å². The van der Waals surface area contributed by atoms with E-state index in [1.807, 2.05) is 0 Å². The Morgan fingerprint density at radius 2 is 2.00 bits per heavy atom. The number of Topliss-reactive ketones (excluding diaryl/α,β-unsaturated/α-hetero) is 1. The van der Waals surface area contributed by atoms with Crippen LogP contribution in [0.1, 0.15) is 38.5 Å². The second-order valence-electron chi connectivity index (χ2n) is 6.40. The van der Waals surface area contributed by atoms with Crippen molar-refractivity contribution in [3.05, 3.63) is 35.5 Å². The van der Waals surface area contributed by atoms with E-state index in [0.717, 1.165) is 18.8 Å². The highest BCUT2D eigenvalue weighted by Gasteiger charge is 2.47. The molecule has 0 aromatic carbocycles. The fraction of sp³-hybridized carbons (Fsp3) is 0.588. The quantitative estimate of drug-likeness (QED) is 0.629. The lowest BCUT2D eigenvalue weighted by atomic mass is 9.57. The van der Waals surface area contributed by atoms with Crippen molar-refractivity contribution in [3.8, 4) is 0 Å². The zero-order valence-electron chi connectivity index (χ0n) is 10.8. The molecule has 0 amide bonds. The molecule has 94 valence electrons. The molecule has 4 aliphatic carbocycles. The van der Waals surface area contributed by atoms with Gasteiger partial charge < -0.3 is 0 Å². The largest absolute Gasteiger partial charge is 0.299 e. The maximum atomic E-state index is 12.5. The van der Waals surface area contributed by atoms with Crippen LogP contribution in [0.25, 0.3) is 0 Å². The molecule has 1 nitrogen and oxygen atoms in total. The summed E-state index contributed by atoms with van der Waals surface area (Å²) >= 11 is 0. The number of carbonyl (C=O) groups is 1. The highest BCUT2D eigenvalue weighted by molar-refractivity contribution is 5.87. The standard InChI is InChI=1S/C17H20O/c18-16-10-12-4-1-2-6-13(12)15-9-8-11-5-3-7-14(11)17(15)16/h3,5,7-8,12-13,15,17H,1-2,4,6,9-10H2. The number of allylic oxidation sites excluding steroid dienone is 6. The van der Waals surface area contributed by atoms with Crippen LogP contribution in [0, 0.1) is 23.7 Å². The first-order valence-electron chi connectivity index (χ1n) is 7.46. The highest BCUT2D eigenvalue weighted by atomic mass is 16.1. The van der Waals surface area contributed by atoms with Gasteiger partial charge in [0.05, 0.1) is 0 Å². The molecule has 4 rings (SSSR count). The molecule has 18 heavy (non-hydrogen) atoms. The molecule has 0 radical (unpaired) electrons. The topological polar surface area (TPSA) is 17.1 Å². The van der Waals surface area contributed by atoms with Crippen LogP contribution in [0.4, 0.5) is 0 Å². The van der Waals surface area contributed by atoms with Crippen molar-refractivity contribution in [2.24, 2.45) is 23.7 Å². The van der Waals surface area contributed by atoms with E-state index in [4.69, 9.17) is 0 Å². The van der Waals surface area contributed by atoms with Gasteiger partial charge in [0.1, 0.15) is 5.78 Å². The maximum absolute atomic E-state index is 12.5. The fourth-order valence-electron chi connectivity index (χ4n) is 4.82. The SMILES string of the molecule is O=C1CC2CCCCC2C2CC=C3C=CC=C3C12. The second kappa shape index (κ2) is 3.94. The monoisotopic (exact) mass is 240 g/mol. The number of rotatable bonds is 0. The van der Waals surface area contributed by atoms with E-state index in [1.54, 1.807) is 0 Å². The van der Waals surface area contributed by atoms with Crippen LogP contribution in [-0.2, 0) is 4.79 Å². The normalized spacial score (nSPS) is 41.7. The van der Waals surface area contributed by atoms with Crippen molar-refractivity contribution in [3.63, 3.8) is 0 Å². The average molecular weight is 240 g/mol. The summed E-state index contributed by atoms with van der Waals surface area (Å²) in [6, 6.07) is 0. The molecule has 2 saturated carbocycles. The van der Waals surface area contributed by atoms with Crippen LogP contribution >= 0.6 is 0 Å². The van der Waals surface area contributed by atoms with Gasteiger partial charge in [-0.3, -0.25) is 4.79 Å². The van der Waals surface area contributed by atoms with Gasteiger partial charge in [-0.25, -0.2) is 0 Å². The molecule has 0 N–H and O–H groups in total. The van der Waals surface area contributed by atoms with Gasteiger partial charge in [0.2, 0.25) is 0 Å². The van der Waals surface area contributed by atoms with Gasteiger partial charge in [-0.1, -0.05) is 37.1 Å². The first-order chi connectivity index (χ1) is 8.84. The molecular formula is C17H20O. The Hall–Kier alpha value is -1.11. The number of fused-ring (bicyclic) bond motifs is 5. The molecule has 0 saturated heterocycles. The lowest BCUT2D eigenvalue weighted by Crippen LogP contribution is -2.43. The predicted molar refractivity (Wildman–Crippen MR) is 72.0 cm³/mol. The third-order valence-corrected chi connectivity index (χ3v) is 5.59. The van der Waals surface area contributed by atoms with Gasteiger partial charge in [-0.2, -0.15) is 0 Å². The minimum absolute atomic E-state index is 0.236. The van der Waals surface area contributed by atoms with Crippen LogP contribution in [0.15, 0.2) is 35.5 Å². The van der Waals surface area contributed by atoms with E-state index in [9.17, 15) is 4.79 Å². The summed E-state index contributed by atoms with van der Waals surface area (Å²) in [5.41, 5.74) is 2.67. The number of carbonyl (C=O) groups excluding carboxylic acids is 1. The molecule has 0 heterocycles. The van der Waals surface area contributed by atoms with Crippen molar-refractivity contribution < 1.29 is 4.79 Å². The summed E-state index contributed by atoms with van der Waals surface area (Å²) in [4.78, 5) is 12.5. The molecule has 0 aliphatic heterocycles. The average Bonchev–Trinajstić information content (AvgIpc) is 2.86. The summed E-state index contributed by atoms with van der Waals surface area (Å²) in [6.07, 6.45) is 16.2. The van der Waals surface area contributed by atoms with Gasteiger partial charge in [0.25, 0.3) is 0 Å². The zero-order valence-corrected chi connectivity index (χ0v) is 10.8. The zero-order chi connectivity index (χ0) is 12.1. The molecule has 4 unspecified atom stereocenters. The molecule has 0 bridgehead atoms. The molecule has 0 aromatic heterocycles. The van der Waals surface area contributed by atoms with Crippen molar-refractivity contribution in [1.29, 1.82) is 0 Å². The number of hydrogen-bond acceptors (Lipinski definition) is 1. The lowest BCUT2D eigenvalue weighted by molar-refractivity contribution is -0.130. The van der Waals surface area contributed by atoms with Gasteiger partial charge in [-0.05, 0) is 48.2 Å². The van der Waals surface area contributed by atoms with Crippen molar-refractivity contribution in [2.75, 3.05) is 0 Å². The van der Waals surface area contributed by atoms with Crippen LogP contribution in [0.3, 0.4) is 0 Å². The lowest BCUT2D eigenvalue weighted by Gasteiger charge is -2.46. The first kappa shape index (κ1) is 10.8. The third-order valence-electron chi connectivity index (χ3n) is 5.59. The van der Waals surface area contributed by atoms with Crippen molar-refractivity contribution in [1.82, 2.24) is 0 Å². The fourth-order valence-corrected chi connectivity index (χ4v) is 4.82. The molecule has 4 atom stereocenters. The molecular weight excluding hydrogens is 220 g/mol.